The van der Waals surface area contributed by atoms with Crippen molar-refractivity contribution in [2.24, 2.45) is 5.41 Å². The molecule has 10 heteroatoms. The molecule has 30 heavy (non-hydrogen) atoms. The van der Waals surface area contributed by atoms with E-state index in [0.29, 0.717) is 24.7 Å². The fraction of sp³-hybridized carbons (Fsp3) is 0.800. The minimum Gasteiger partial charge on any atom is -0.444 e. The first-order valence-electron chi connectivity index (χ1n) is 10.8. The molecule has 5 rings (SSSR count). The van der Waals surface area contributed by atoms with Gasteiger partial charge in [0.15, 0.2) is 0 Å². The number of hydrogen-bond donors (Lipinski definition) is 2. The van der Waals surface area contributed by atoms with Crippen molar-refractivity contribution in [2.45, 2.75) is 88.9 Å². The minimum absolute atomic E-state index is 0.00785. The van der Waals surface area contributed by atoms with Crippen LogP contribution in [0, 0.1) is 5.41 Å². The maximum Gasteiger partial charge on any atom is 0.407 e. The maximum atomic E-state index is 12.5. The van der Waals surface area contributed by atoms with Crippen LogP contribution in [0.15, 0.2) is 4.42 Å². The molecule has 2 aliphatic heterocycles. The Bertz CT molecular complexity index is 860. The second kappa shape index (κ2) is 6.57. The molecule has 4 atom stereocenters. The molecule has 4 aliphatic rings. The van der Waals surface area contributed by atoms with Gasteiger partial charge in [0.2, 0.25) is 11.8 Å². The average Bonchev–Trinajstić information content (AvgIpc) is 3.02. The first kappa shape index (κ1) is 19.6. The Balaban J connectivity index is 1.24. The lowest BCUT2D eigenvalue weighted by Gasteiger charge is -2.34. The zero-order valence-electron chi connectivity index (χ0n) is 17.6. The number of alkyl carbamates (subject to hydrolysis) is 1. The summed E-state index contributed by atoms with van der Waals surface area (Å²) in [6.07, 6.45) is 4.72. The number of amides is 3. The van der Waals surface area contributed by atoms with E-state index in [-0.39, 0.29) is 35.5 Å². The molecule has 2 bridgehead atoms. The zero-order chi connectivity index (χ0) is 21.3. The third kappa shape index (κ3) is 3.30. The lowest BCUT2D eigenvalue weighted by Crippen LogP contribution is -2.41. The summed E-state index contributed by atoms with van der Waals surface area (Å²) in [5.41, 5.74) is -0.551. The lowest BCUT2D eigenvalue weighted by molar-refractivity contribution is -0.0783. The number of ether oxygens (including phenoxy) is 1. The molecule has 4 fully saturated rings. The summed E-state index contributed by atoms with van der Waals surface area (Å²) in [6.45, 7) is 6.02. The van der Waals surface area contributed by atoms with Crippen molar-refractivity contribution in [3.05, 3.63) is 11.8 Å². The van der Waals surface area contributed by atoms with E-state index in [1.165, 1.54) is 0 Å². The predicted molar refractivity (Wildman–Crippen MR) is 103 cm³/mol. The molecule has 10 nitrogen and oxygen atoms in total. The molecule has 2 N–H and O–H groups in total. The zero-order valence-corrected chi connectivity index (χ0v) is 17.6. The van der Waals surface area contributed by atoms with E-state index in [0.717, 1.165) is 37.2 Å². The van der Waals surface area contributed by atoms with Crippen LogP contribution in [0.4, 0.5) is 9.59 Å². The molecule has 3 heterocycles. The maximum absolute atomic E-state index is 12.5. The molecule has 0 radical (unpaired) electrons. The fourth-order valence-corrected chi connectivity index (χ4v) is 5.23. The summed E-state index contributed by atoms with van der Waals surface area (Å²) >= 11 is 0. The molecule has 2 aliphatic carbocycles. The van der Waals surface area contributed by atoms with Gasteiger partial charge in [0, 0.05) is 18.5 Å². The van der Waals surface area contributed by atoms with Gasteiger partial charge < -0.3 is 19.4 Å². The normalized spacial score (nSPS) is 32.1. The quantitative estimate of drug-likeness (QED) is 0.723. The minimum atomic E-state index is -0.529. The van der Waals surface area contributed by atoms with Gasteiger partial charge in [-0.2, -0.15) is 0 Å². The smallest absolute Gasteiger partial charge is 0.407 e. The number of urea groups is 1. The van der Waals surface area contributed by atoms with E-state index in [2.05, 4.69) is 15.5 Å². The number of nitrogens with one attached hydrogen (secondary N) is 1. The number of rotatable bonds is 3. The molecule has 0 unspecified atom stereocenters. The largest absolute Gasteiger partial charge is 0.444 e. The number of fused-ring (bicyclic) bond motifs is 3. The molecular weight excluding hydrogens is 390 g/mol. The molecule has 1 aromatic heterocycles. The molecule has 3 amide bonds. The molecular formula is C20H29N5O5. The molecule has 0 aromatic carbocycles. The van der Waals surface area contributed by atoms with E-state index in [4.69, 9.17) is 9.15 Å². The van der Waals surface area contributed by atoms with Crippen molar-refractivity contribution in [3.63, 3.8) is 0 Å². The predicted octanol–water partition coefficient (Wildman–Crippen LogP) is 2.95. The van der Waals surface area contributed by atoms with E-state index in [1.807, 2.05) is 20.8 Å². The first-order valence-corrected chi connectivity index (χ1v) is 10.8. The number of piperidine rings is 1. The van der Waals surface area contributed by atoms with E-state index in [9.17, 15) is 14.8 Å². The van der Waals surface area contributed by atoms with Gasteiger partial charge in [-0.1, -0.05) is 0 Å². The van der Waals surface area contributed by atoms with E-state index >= 15 is 0 Å². The van der Waals surface area contributed by atoms with Crippen LogP contribution in [-0.4, -0.2) is 61.7 Å². The van der Waals surface area contributed by atoms with Crippen molar-refractivity contribution >= 4 is 12.1 Å². The molecule has 2 saturated heterocycles. The van der Waals surface area contributed by atoms with Gasteiger partial charge in [0.1, 0.15) is 11.6 Å². The molecule has 2 saturated carbocycles. The van der Waals surface area contributed by atoms with Crippen LogP contribution in [0.1, 0.15) is 83.0 Å². The number of nitrogens with zero attached hydrogens (tertiary/aromatic N) is 4. The summed E-state index contributed by atoms with van der Waals surface area (Å²) in [6, 6.07) is -0.783. The standard InChI is InChI=1S/C20H29N5O5/c1-19(2,3)30-17(26)21-12-5-4-11(8-12)15-22-23-16(29-15)13-9-20(6-7-20)14-10-24(13)18(27)25(14)28/h11-14,28H,4-10H2,1-3H3,(H,21,26)/t11-,12+,13-,14+/m0/s1. The van der Waals surface area contributed by atoms with Crippen LogP contribution in [0.2, 0.25) is 0 Å². The third-order valence-electron chi connectivity index (χ3n) is 6.93. The SMILES string of the molecule is CC(C)(C)OC(=O)N[C@@H]1CC[C@H](c2nnc([C@@H]3CC4(CC4)[C@H]4CN3C(=O)N4O)o2)C1. The summed E-state index contributed by atoms with van der Waals surface area (Å²) in [4.78, 5) is 26.1. The van der Waals surface area contributed by atoms with Gasteiger partial charge in [0.05, 0.1) is 6.04 Å². The highest BCUT2D eigenvalue weighted by molar-refractivity contribution is 5.77. The van der Waals surface area contributed by atoms with Crippen LogP contribution >= 0.6 is 0 Å². The monoisotopic (exact) mass is 419 g/mol. The Morgan fingerprint density at radius 2 is 2.00 bits per heavy atom. The van der Waals surface area contributed by atoms with Gasteiger partial charge in [-0.25, -0.2) is 14.7 Å². The highest BCUT2D eigenvalue weighted by Gasteiger charge is 2.63. The highest BCUT2D eigenvalue weighted by atomic mass is 16.6. The van der Waals surface area contributed by atoms with Crippen molar-refractivity contribution < 1.29 is 24.0 Å². The van der Waals surface area contributed by atoms with Crippen LogP contribution in [0.25, 0.3) is 0 Å². The summed E-state index contributed by atoms with van der Waals surface area (Å²) in [5.74, 6) is 1.07. The van der Waals surface area contributed by atoms with Crippen LogP contribution in [0.5, 0.6) is 0 Å². The number of hydroxylamine groups is 2. The summed E-state index contributed by atoms with van der Waals surface area (Å²) in [7, 11) is 0. The first-order chi connectivity index (χ1) is 14.2. The van der Waals surface area contributed by atoms with E-state index in [1.54, 1.807) is 4.90 Å². The Morgan fingerprint density at radius 3 is 2.70 bits per heavy atom. The van der Waals surface area contributed by atoms with Gasteiger partial charge in [-0.15, -0.1) is 10.2 Å². The molecule has 1 spiro atoms. The number of carbonyl (C=O) groups is 2. The van der Waals surface area contributed by atoms with E-state index < -0.39 is 11.7 Å². The second-order valence-corrected chi connectivity index (χ2v) is 10.2. The third-order valence-corrected chi connectivity index (χ3v) is 6.93. The fourth-order valence-electron chi connectivity index (χ4n) is 5.23. The summed E-state index contributed by atoms with van der Waals surface area (Å²) < 4.78 is 11.4. The molecule has 1 aromatic rings. The molecule has 164 valence electrons. The number of hydrogen-bond acceptors (Lipinski definition) is 7. The van der Waals surface area contributed by atoms with Gasteiger partial charge in [-0.3, -0.25) is 5.21 Å². The Labute approximate surface area is 174 Å². The Morgan fingerprint density at radius 1 is 1.27 bits per heavy atom. The van der Waals surface area contributed by atoms with Crippen molar-refractivity contribution in [3.8, 4) is 0 Å². The topological polar surface area (TPSA) is 121 Å². The van der Waals surface area contributed by atoms with Gasteiger partial charge in [0.25, 0.3) is 0 Å². The number of carbonyl (C=O) groups excluding carboxylic acids is 2. The van der Waals surface area contributed by atoms with Crippen LogP contribution in [-0.2, 0) is 4.74 Å². The average molecular weight is 419 g/mol. The Kier molecular flexibility index (Phi) is 4.29. The highest BCUT2D eigenvalue weighted by Crippen LogP contribution is 2.61. The van der Waals surface area contributed by atoms with Crippen LogP contribution in [0.3, 0.4) is 0 Å². The van der Waals surface area contributed by atoms with Crippen molar-refractivity contribution in [1.29, 1.82) is 0 Å². The van der Waals surface area contributed by atoms with Crippen LogP contribution < -0.4 is 5.32 Å². The summed E-state index contributed by atoms with van der Waals surface area (Å²) in [5, 5.41) is 22.5. The van der Waals surface area contributed by atoms with Crippen molar-refractivity contribution in [1.82, 2.24) is 25.5 Å². The Hall–Kier alpha value is -2.36. The number of aromatic nitrogens is 2. The second-order valence-electron chi connectivity index (χ2n) is 10.2. The lowest BCUT2D eigenvalue weighted by atomic mass is 9.85. The van der Waals surface area contributed by atoms with Crippen molar-refractivity contribution in [2.75, 3.05) is 6.54 Å². The van der Waals surface area contributed by atoms with Gasteiger partial charge >= 0.3 is 12.1 Å². The van der Waals surface area contributed by atoms with Gasteiger partial charge in [-0.05, 0) is 64.7 Å².